The molecule has 7 nitrogen and oxygen atoms in total. The van der Waals surface area contributed by atoms with Crippen LogP contribution in [0.25, 0.3) is 0 Å². The van der Waals surface area contributed by atoms with E-state index in [1.54, 1.807) is 0 Å². The van der Waals surface area contributed by atoms with Crippen molar-refractivity contribution in [3.63, 3.8) is 0 Å². The molecule has 28 heavy (non-hydrogen) atoms. The predicted octanol–water partition coefficient (Wildman–Crippen LogP) is 2.83. The van der Waals surface area contributed by atoms with Crippen LogP contribution in [0.4, 0.5) is 0 Å². The fourth-order valence-corrected chi connectivity index (χ4v) is 3.40. The van der Waals surface area contributed by atoms with Gasteiger partial charge in [0, 0.05) is 38.5 Å². The molecule has 0 aromatic carbocycles. The minimum absolute atomic E-state index is 0. The lowest BCUT2D eigenvalue weighted by molar-refractivity contribution is -0.0817. The van der Waals surface area contributed by atoms with Crippen molar-refractivity contribution in [2.45, 2.75) is 58.5 Å². The molecule has 2 aliphatic heterocycles. The first-order valence-corrected chi connectivity index (χ1v) is 10.0. The van der Waals surface area contributed by atoms with E-state index >= 15 is 0 Å². The fourth-order valence-electron chi connectivity index (χ4n) is 3.40. The molecule has 3 rings (SSSR count). The molecule has 8 heteroatoms. The predicted molar refractivity (Wildman–Crippen MR) is 121 cm³/mol. The van der Waals surface area contributed by atoms with E-state index in [0.717, 1.165) is 50.6 Å². The summed E-state index contributed by atoms with van der Waals surface area (Å²) in [6, 6.07) is 3.92. The molecule has 2 saturated heterocycles. The molecule has 158 valence electrons. The van der Waals surface area contributed by atoms with Crippen LogP contribution in [0.5, 0.6) is 5.88 Å². The monoisotopic (exact) mass is 504 g/mol. The summed E-state index contributed by atoms with van der Waals surface area (Å²) in [5, 5.41) is 3.41. The molecule has 0 amide bonds. The lowest BCUT2D eigenvalue weighted by Gasteiger charge is -2.37. The Kier molecular flexibility index (Phi) is 9.73. The van der Waals surface area contributed by atoms with E-state index in [1.807, 2.05) is 32.2 Å². The maximum absolute atomic E-state index is 5.95. The van der Waals surface area contributed by atoms with E-state index in [4.69, 9.17) is 19.2 Å². The lowest BCUT2D eigenvalue weighted by Crippen LogP contribution is -2.53. The summed E-state index contributed by atoms with van der Waals surface area (Å²) in [6.45, 7) is 10.7. The van der Waals surface area contributed by atoms with Crippen LogP contribution in [0.3, 0.4) is 0 Å². The van der Waals surface area contributed by atoms with Gasteiger partial charge in [0.05, 0.1) is 25.4 Å². The Morgan fingerprint density at radius 2 is 2.14 bits per heavy atom. The molecule has 1 N–H and O–H groups in total. The fraction of sp³-hybridized carbons (Fsp3) is 0.700. The summed E-state index contributed by atoms with van der Waals surface area (Å²) in [7, 11) is 0. The van der Waals surface area contributed by atoms with Crippen LogP contribution in [0.2, 0.25) is 0 Å². The van der Waals surface area contributed by atoms with Gasteiger partial charge in [-0.05, 0) is 39.2 Å². The largest absolute Gasteiger partial charge is 0.475 e. The summed E-state index contributed by atoms with van der Waals surface area (Å²) < 4.78 is 17.4. The molecule has 3 heterocycles. The van der Waals surface area contributed by atoms with E-state index in [-0.39, 0.29) is 42.3 Å². The standard InChI is InChI=1S/C20H32N4O3.HI/c1-4-21-20(23-13-16-7-8-19(22-12-16)27-15(2)3)24-9-11-26-18(14-24)17-6-5-10-25-17;/h7-8,12,15,17-18H,4-6,9-11,13-14H2,1-3H3,(H,21,23);1H. The summed E-state index contributed by atoms with van der Waals surface area (Å²) >= 11 is 0. The molecule has 2 unspecified atom stereocenters. The van der Waals surface area contributed by atoms with E-state index in [2.05, 4.69) is 22.1 Å². The topological polar surface area (TPSA) is 68.2 Å². The number of hydrogen-bond acceptors (Lipinski definition) is 5. The van der Waals surface area contributed by atoms with Gasteiger partial charge in [0.2, 0.25) is 5.88 Å². The highest BCUT2D eigenvalue weighted by atomic mass is 127. The summed E-state index contributed by atoms with van der Waals surface area (Å²) in [5.41, 5.74) is 1.06. The second-order valence-corrected chi connectivity index (χ2v) is 7.25. The number of halogens is 1. The van der Waals surface area contributed by atoms with E-state index < -0.39 is 0 Å². The maximum atomic E-state index is 5.95. The number of nitrogens with zero attached hydrogens (tertiary/aromatic N) is 3. The minimum Gasteiger partial charge on any atom is -0.475 e. The average molecular weight is 504 g/mol. The van der Waals surface area contributed by atoms with Gasteiger partial charge in [-0.3, -0.25) is 0 Å². The summed E-state index contributed by atoms with van der Waals surface area (Å²) in [5.74, 6) is 1.57. The Hall–Kier alpha value is -1.13. The zero-order valence-corrected chi connectivity index (χ0v) is 19.4. The van der Waals surface area contributed by atoms with Crippen LogP contribution in [0.15, 0.2) is 23.3 Å². The first kappa shape index (κ1) is 23.2. The Bertz CT molecular complexity index is 606. The highest BCUT2D eigenvalue weighted by molar-refractivity contribution is 14.0. The van der Waals surface area contributed by atoms with Crippen molar-refractivity contribution in [2.24, 2.45) is 4.99 Å². The minimum atomic E-state index is 0. The van der Waals surface area contributed by atoms with Crippen molar-refractivity contribution in [2.75, 3.05) is 32.8 Å². The van der Waals surface area contributed by atoms with Gasteiger partial charge >= 0.3 is 0 Å². The zero-order chi connectivity index (χ0) is 19.1. The van der Waals surface area contributed by atoms with Gasteiger partial charge in [-0.15, -0.1) is 24.0 Å². The normalized spacial score (nSPS) is 22.9. The Labute approximate surface area is 185 Å². The van der Waals surface area contributed by atoms with E-state index in [9.17, 15) is 0 Å². The van der Waals surface area contributed by atoms with Crippen LogP contribution in [-0.2, 0) is 16.0 Å². The third-order valence-corrected chi connectivity index (χ3v) is 4.67. The molecule has 0 saturated carbocycles. The number of guanidine groups is 1. The average Bonchev–Trinajstić information content (AvgIpc) is 3.21. The quantitative estimate of drug-likeness (QED) is 0.365. The second-order valence-electron chi connectivity index (χ2n) is 7.25. The maximum Gasteiger partial charge on any atom is 0.213 e. The van der Waals surface area contributed by atoms with Crippen LogP contribution >= 0.6 is 24.0 Å². The molecular formula is C20H33IN4O3. The number of aliphatic imine (C=N–C) groups is 1. The van der Waals surface area contributed by atoms with Crippen molar-refractivity contribution in [1.82, 2.24) is 15.2 Å². The number of nitrogens with one attached hydrogen (secondary N) is 1. The van der Waals surface area contributed by atoms with Crippen LogP contribution in [0, 0.1) is 0 Å². The Morgan fingerprint density at radius 3 is 2.79 bits per heavy atom. The van der Waals surface area contributed by atoms with Gasteiger partial charge in [0.1, 0.15) is 6.10 Å². The molecule has 2 aliphatic rings. The number of hydrogen-bond donors (Lipinski definition) is 1. The van der Waals surface area contributed by atoms with Crippen molar-refractivity contribution >= 4 is 29.9 Å². The number of aromatic nitrogens is 1. The molecule has 0 bridgehead atoms. The summed E-state index contributed by atoms with van der Waals surface area (Å²) in [4.78, 5) is 11.5. The molecule has 2 fully saturated rings. The first-order chi connectivity index (χ1) is 13.2. The molecular weight excluding hydrogens is 471 g/mol. The van der Waals surface area contributed by atoms with Crippen LogP contribution < -0.4 is 10.1 Å². The highest BCUT2D eigenvalue weighted by Crippen LogP contribution is 2.21. The number of rotatable bonds is 6. The van der Waals surface area contributed by atoms with Crippen molar-refractivity contribution in [3.05, 3.63) is 23.9 Å². The second kappa shape index (κ2) is 11.8. The van der Waals surface area contributed by atoms with E-state index in [0.29, 0.717) is 19.0 Å². The van der Waals surface area contributed by atoms with Crippen molar-refractivity contribution in [1.29, 1.82) is 0 Å². The highest BCUT2D eigenvalue weighted by Gasteiger charge is 2.32. The number of pyridine rings is 1. The Morgan fingerprint density at radius 1 is 1.32 bits per heavy atom. The van der Waals surface area contributed by atoms with Crippen molar-refractivity contribution in [3.8, 4) is 5.88 Å². The molecule has 0 aliphatic carbocycles. The molecule has 2 atom stereocenters. The van der Waals surface area contributed by atoms with Gasteiger partial charge < -0.3 is 24.4 Å². The number of morpholine rings is 1. The smallest absolute Gasteiger partial charge is 0.213 e. The van der Waals surface area contributed by atoms with Crippen molar-refractivity contribution < 1.29 is 14.2 Å². The SMILES string of the molecule is CCNC(=NCc1ccc(OC(C)C)nc1)N1CCOC(C2CCCO2)C1.I. The molecule has 0 spiro atoms. The molecule has 0 radical (unpaired) electrons. The molecule has 1 aromatic heterocycles. The van der Waals surface area contributed by atoms with Crippen LogP contribution in [0.1, 0.15) is 39.2 Å². The third kappa shape index (κ3) is 6.73. The Balaban J connectivity index is 0.00000280. The van der Waals surface area contributed by atoms with Gasteiger partial charge in [-0.25, -0.2) is 9.98 Å². The first-order valence-electron chi connectivity index (χ1n) is 10.0. The van der Waals surface area contributed by atoms with Gasteiger partial charge in [0.25, 0.3) is 0 Å². The van der Waals surface area contributed by atoms with E-state index in [1.165, 1.54) is 0 Å². The van der Waals surface area contributed by atoms with Crippen LogP contribution in [-0.4, -0.2) is 67.0 Å². The zero-order valence-electron chi connectivity index (χ0n) is 17.1. The third-order valence-electron chi connectivity index (χ3n) is 4.67. The molecule has 1 aromatic rings. The lowest BCUT2D eigenvalue weighted by atomic mass is 10.1. The van der Waals surface area contributed by atoms with Gasteiger partial charge in [0.15, 0.2) is 5.96 Å². The van der Waals surface area contributed by atoms with Gasteiger partial charge in [-0.1, -0.05) is 6.07 Å². The van der Waals surface area contributed by atoms with Gasteiger partial charge in [-0.2, -0.15) is 0 Å². The summed E-state index contributed by atoms with van der Waals surface area (Å²) in [6.07, 6.45) is 4.51. The number of ether oxygens (including phenoxy) is 3.